The molecule has 1 unspecified atom stereocenters. The minimum Gasteiger partial charge on any atom is -0.440 e. The lowest BCUT2D eigenvalue weighted by Gasteiger charge is -2.05. The number of nitrogens with two attached hydrogens (primary N) is 1. The second kappa shape index (κ2) is 14.1. The molecule has 2 N–H and O–H groups in total. The largest absolute Gasteiger partial charge is 0.440 e. The van der Waals surface area contributed by atoms with Crippen molar-refractivity contribution in [3.05, 3.63) is 126 Å². The lowest BCUT2D eigenvalue weighted by Crippen LogP contribution is -2.10. The number of aryl methyl sites for hydroxylation is 2. The molecular formula is C33H27F4N3O4S. The molecule has 45 heavy (non-hydrogen) atoms. The zero-order valence-corrected chi connectivity index (χ0v) is 24.0. The molecule has 2 aromatic heterocycles. The van der Waals surface area contributed by atoms with E-state index in [1.807, 2.05) is 0 Å². The zero-order chi connectivity index (χ0) is 31.4. The average molecular weight is 638 g/mol. The number of hydrogen-bond acceptors (Lipinski definition) is 6. The Morgan fingerprint density at radius 1 is 0.644 bits per heavy atom. The van der Waals surface area contributed by atoms with E-state index in [1.54, 1.807) is 50.2 Å². The molecule has 12 heteroatoms. The van der Waals surface area contributed by atoms with Crippen molar-refractivity contribution in [2.75, 3.05) is 0 Å². The van der Waals surface area contributed by atoms with Crippen LogP contribution < -0.4 is 9.32 Å². The summed E-state index contributed by atoms with van der Waals surface area (Å²) in [6, 6.07) is 21.8. The van der Waals surface area contributed by atoms with Crippen molar-refractivity contribution in [3.63, 3.8) is 0 Å². The summed E-state index contributed by atoms with van der Waals surface area (Å²) in [6.07, 6.45) is 0. The predicted molar refractivity (Wildman–Crippen MR) is 164 cm³/mol. The van der Waals surface area contributed by atoms with Crippen molar-refractivity contribution in [2.45, 2.75) is 21.3 Å². The molecule has 6 aromatic rings. The van der Waals surface area contributed by atoms with E-state index in [-0.39, 0.29) is 30.6 Å². The van der Waals surface area contributed by atoms with Gasteiger partial charge in [-0.2, -0.15) is 4.21 Å². The highest BCUT2D eigenvalue weighted by atomic mass is 32.2. The number of halogens is 4. The van der Waals surface area contributed by atoms with Crippen LogP contribution in [0.3, 0.4) is 0 Å². The van der Waals surface area contributed by atoms with E-state index < -0.39 is 17.1 Å². The molecule has 232 valence electrons. The maximum absolute atomic E-state index is 14.1. The molecule has 0 fully saturated rings. The van der Waals surface area contributed by atoms with Crippen LogP contribution in [0.25, 0.3) is 45.2 Å². The monoisotopic (exact) mass is 637 g/mol. The van der Waals surface area contributed by atoms with Gasteiger partial charge in [0.2, 0.25) is 0 Å². The van der Waals surface area contributed by atoms with Crippen molar-refractivity contribution < 1.29 is 34.8 Å². The average Bonchev–Trinajstić information content (AvgIpc) is 3.58. The van der Waals surface area contributed by atoms with Gasteiger partial charge in [0, 0.05) is 36.1 Å². The topological polar surface area (TPSA) is 104 Å². The lowest BCUT2D eigenvalue weighted by molar-refractivity contribution is 0.509. The Balaban J connectivity index is 0.000000203. The molecule has 4 aromatic carbocycles. The Labute approximate surface area is 259 Å². The van der Waals surface area contributed by atoms with Gasteiger partial charge in [-0.15, -0.1) is 0 Å². The Bertz CT molecular complexity index is 1940. The third-order valence-corrected chi connectivity index (χ3v) is 6.50. The number of benzene rings is 4. The molecule has 0 radical (unpaired) electrons. The van der Waals surface area contributed by atoms with E-state index in [0.717, 1.165) is 11.6 Å². The Kier molecular flexibility index (Phi) is 10.3. The molecule has 1 atom stereocenters. The van der Waals surface area contributed by atoms with Crippen molar-refractivity contribution in [1.29, 1.82) is 0 Å². The number of aromatic nitrogens is 2. The molecule has 2 heterocycles. The third kappa shape index (κ3) is 7.91. The van der Waals surface area contributed by atoms with E-state index in [9.17, 15) is 21.8 Å². The highest BCUT2D eigenvalue weighted by Crippen LogP contribution is 2.35. The maximum Gasteiger partial charge on any atom is 0.285 e. The van der Waals surface area contributed by atoms with Crippen molar-refractivity contribution in [3.8, 4) is 50.9 Å². The van der Waals surface area contributed by atoms with Gasteiger partial charge in [0.15, 0.2) is 34.9 Å². The first-order valence-corrected chi connectivity index (χ1v) is 14.1. The molecule has 0 aliphatic carbocycles. The van der Waals surface area contributed by atoms with Crippen molar-refractivity contribution >= 4 is 11.3 Å². The van der Waals surface area contributed by atoms with Crippen LogP contribution in [0.2, 0.25) is 0 Å². The summed E-state index contributed by atoms with van der Waals surface area (Å²) in [5, 5.41) is 4.98. The smallest absolute Gasteiger partial charge is 0.285 e. The van der Waals surface area contributed by atoms with Gasteiger partial charge in [-0.3, -0.25) is 0 Å². The molecule has 0 bridgehead atoms. The summed E-state index contributed by atoms with van der Waals surface area (Å²) in [5.74, 6) is -0.348. The molecule has 0 spiro atoms. The highest BCUT2D eigenvalue weighted by molar-refractivity contribution is 7.78. The molecule has 0 aliphatic heterocycles. The maximum atomic E-state index is 14.1. The summed E-state index contributed by atoms with van der Waals surface area (Å²) in [5.41, 5.74) is 3.40. The highest BCUT2D eigenvalue weighted by Gasteiger charge is 2.18. The lowest BCUT2D eigenvalue weighted by atomic mass is 10.1. The van der Waals surface area contributed by atoms with E-state index >= 15 is 0 Å². The first kappa shape index (κ1) is 32.8. The Hall–Kier alpha value is -5.07. The van der Waals surface area contributed by atoms with E-state index in [4.69, 9.17) is 14.0 Å². The van der Waals surface area contributed by atoms with E-state index in [0.29, 0.717) is 51.4 Å². The fraction of sp³-hybridized carbons (Fsp3) is 0.0909. The molecule has 0 aliphatic rings. The van der Waals surface area contributed by atoms with E-state index in [1.165, 1.54) is 48.5 Å². The van der Waals surface area contributed by atoms with Crippen LogP contribution in [0, 0.1) is 37.1 Å². The Morgan fingerprint density at radius 2 is 1.11 bits per heavy atom. The van der Waals surface area contributed by atoms with Crippen LogP contribution in [-0.2, 0) is 11.3 Å². The molecule has 6 rings (SSSR count). The van der Waals surface area contributed by atoms with Crippen LogP contribution in [-0.4, -0.2) is 14.2 Å². The van der Waals surface area contributed by atoms with Crippen molar-refractivity contribution in [1.82, 2.24) is 9.97 Å². The Morgan fingerprint density at radius 3 is 1.56 bits per heavy atom. The van der Waals surface area contributed by atoms with Crippen LogP contribution in [0.1, 0.15) is 19.2 Å². The number of nitrogens with zero attached hydrogens (tertiary/aromatic N) is 2. The van der Waals surface area contributed by atoms with Crippen LogP contribution in [0.5, 0.6) is 5.75 Å². The number of hydrogen-bond donors (Lipinski definition) is 1. The van der Waals surface area contributed by atoms with E-state index in [2.05, 4.69) is 14.2 Å². The summed E-state index contributed by atoms with van der Waals surface area (Å²) in [6.45, 7) is 3.37. The second-order valence-corrected chi connectivity index (χ2v) is 10.0. The number of oxazole rings is 2. The van der Waals surface area contributed by atoms with Gasteiger partial charge in [-0.25, -0.2) is 32.7 Å². The fourth-order valence-electron chi connectivity index (χ4n) is 4.28. The van der Waals surface area contributed by atoms with Crippen LogP contribution in [0.15, 0.2) is 99.8 Å². The summed E-state index contributed by atoms with van der Waals surface area (Å²) < 4.78 is 80.1. The normalized spacial score (nSPS) is 11.3. The second-order valence-electron chi connectivity index (χ2n) is 9.33. The standard InChI is InChI=1S/C16H12F2N2O3S.C16H11F2NO.CH4/c1-9-20-15(10-2-5-12(17)6-3-10)16(22-9)11-4-7-14(13(18)8-11)23-24(19)21;1-10-19-15(11-5-7-13(17)8-6-11)16(20-10)12-3-2-4-14(18)9-12;/h2-8H,19H2,1H3;2-9H,1H3;1H4. The van der Waals surface area contributed by atoms with Gasteiger partial charge in [0.05, 0.1) is 0 Å². The fourth-order valence-corrected chi connectivity index (χ4v) is 4.59. The SMILES string of the molecule is C.Cc1nc(-c2ccc(F)cc2)c(-c2ccc(OS(N)=O)c(F)c2)o1.Cc1nc(-c2ccc(F)cc2)c(-c2cccc(F)c2)o1. The van der Waals surface area contributed by atoms with Gasteiger partial charge >= 0.3 is 0 Å². The molecule has 0 saturated heterocycles. The quantitative estimate of drug-likeness (QED) is 0.183. The van der Waals surface area contributed by atoms with Gasteiger partial charge in [-0.05, 0) is 78.9 Å². The van der Waals surface area contributed by atoms with Gasteiger partial charge < -0.3 is 13.0 Å². The first-order valence-electron chi connectivity index (χ1n) is 12.9. The predicted octanol–water partition coefficient (Wildman–Crippen LogP) is 8.74. The summed E-state index contributed by atoms with van der Waals surface area (Å²) >= 11 is -2.12. The molecular weight excluding hydrogens is 610 g/mol. The first-order chi connectivity index (χ1) is 21.1. The van der Waals surface area contributed by atoms with Gasteiger partial charge in [-0.1, -0.05) is 19.6 Å². The van der Waals surface area contributed by atoms with Gasteiger partial charge in [0.25, 0.3) is 11.3 Å². The number of rotatable bonds is 6. The molecule has 0 amide bonds. The molecule has 0 saturated carbocycles. The summed E-state index contributed by atoms with van der Waals surface area (Å²) in [4.78, 5) is 8.58. The van der Waals surface area contributed by atoms with Gasteiger partial charge in [0.1, 0.15) is 28.8 Å². The summed E-state index contributed by atoms with van der Waals surface area (Å²) in [7, 11) is 0. The minimum atomic E-state index is -2.12. The van der Waals surface area contributed by atoms with Crippen LogP contribution >= 0.6 is 0 Å². The van der Waals surface area contributed by atoms with Crippen LogP contribution in [0.4, 0.5) is 17.6 Å². The van der Waals surface area contributed by atoms with Crippen molar-refractivity contribution in [2.24, 2.45) is 5.14 Å². The zero-order valence-electron chi connectivity index (χ0n) is 23.2. The third-order valence-electron chi connectivity index (χ3n) is 6.16. The minimum absolute atomic E-state index is 0. The molecule has 7 nitrogen and oxygen atoms in total.